The first kappa shape index (κ1) is 14.8. The summed E-state index contributed by atoms with van der Waals surface area (Å²) in [6.45, 7) is 1.73. The number of carbonyl (C=O) groups excluding carboxylic acids is 1. The Morgan fingerprint density at radius 1 is 1.45 bits per heavy atom. The average Bonchev–Trinajstić information content (AvgIpc) is 3.16. The second kappa shape index (κ2) is 6.36. The summed E-state index contributed by atoms with van der Waals surface area (Å²) in [6, 6.07) is 4.03. The minimum absolute atomic E-state index is 0.0780. The molecule has 0 aliphatic carbocycles. The number of carbonyl (C=O) groups is 1. The molecule has 0 radical (unpaired) electrons. The highest BCUT2D eigenvalue weighted by Crippen LogP contribution is 2.34. The molecule has 0 bridgehead atoms. The Morgan fingerprint density at radius 3 is 3.00 bits per heavy atom. The largest absolute Gasteiger partial charge is 0.472 e. The third kappa shape index (κ3) is 2.92. The molecule has 0 spiro atoms. The fourth-order valence-corrected chi connectivity index (χ4v) is 3.33. The number of rotatable bonds is 4. The fraction of sp³-hybridized carbons (Fsp3) is 0.500. The molecule has 1 fully saturated rings. The van der Waals surface area contributed by atoms with E-state index in [2.05, 4.69) is 28.4 Å². The summed E-state index contributed by atoms with van der Waals surface area (Å²) in [4.78, 5) is 14.4. The molecule has 2 atom stereocenters. The Balaban J connectivity index is 1.70. The van der Waals surface area contributed by atoms with Crippen molar-refractivity contribution in [3.63, 3.8) is 0 Å². The summed E-state index contributed by atoms with van der Waals surface area (Å²) in [7, 11) is 4.11. The van der Waals surface area contributed by atoms with E-state index in [-0.39, 0.29) is 11.9 Å². The molecule has 22 heavy (non-hydrogen) atoms. The summed E-state index contributed by atoms with van der Waals surface area (Å²) in [5.41, 5.74) is 1.77. The van der Waals surface area contributed by atoms with E-state index < -0.39 is 0 Å². The number of aromatic nitrogens is 2. The molecule has 1 aliphatic rings. The minimum atomic E-state index is -0.0780. The van der Waals surface area contributed by atoms with E-state index in [0.717, 1.165) is 19.4 Å². The Morgan fingerprint density at radius 2 is 2.32 bits per heavy atom. The van der Waals surface area contributed by atoms with Crippen LogP contribution in [0.3, 0.4) is 0 Å². The van der Waals surface area contributed by atoms with Crippen molar-refractivity contribution >= 4 is 5.91 Å². The van der Waals surface area contributed by atoms with Gasteiger partial charge in [-0.3, -0.25) is 14.4 Å². The first-order valence-electron chi connectivity index (χ1n) is 7.65. The number of nitrogens with one attached hydrogen (secondary N) is 1. The molecular formula is C16H22N4O2. The molecule has 0 aromatic carbocycles. The van der Waals surface area contributed by atoms with Gasteiger partial charge in [-0.05, 0) is 44.5 Å². The SMILES string of the molecule is CN1CCC[C@@H](CNC(=O)c2ccoc2)[C@@H]1c1ccnn1C. The topological polar surface area (TPSA) is 63.3 Å². The Labute approximate surface area is 130 Å². The van der Waals surface area contributed by atoms with Gasteiger partial charge in [0.1, 0.15) is 6.26 Å². The van der Waals surface area contributed by atoms with Crippen molar-refractivity contribution in [2.24, 2.45) is 13.0 Å². The predicted octanol–water partition coefficient (Wildman–Crippen LogP) is 1.83. The molecule has 6 heteroatoms. The van der Waals surface area contributed by atoms with Crippen LogP contribution >= 0.6 is 0 Å². The van der Waals surface area contributed by atoms with Gasteiger partial charge in [0.15, 0.2) is 0 Å². The number of nitrogens with zero attached hydrogens (tertiary/aromatic N) is 3. The average molecular weight is 302 g/mol. The summed E-state index contributed by atoms with van der Waals surface area (Å²) >= 11 is 0. The first-order valence-corrected chi connectivity index (χ1v) is 7.65. The molecule has 2 aromatic heterocycles. The molecule has 1 N–H and O–H groups in total. The van der Waals surface area contributed by atoms with Crippen molar-refractivity contribution in [1.29, 1.82) is 0 Å². The highest BCUT2D eigenvalue weighted by atomic mass is 16.3. The molecule has 1 aliphatic heterocycles. The third-order valence-corrected chi connectivity index (χ3v) is 4.48. The number of hydrogen-bond donors (Lipinski definition) is 1. The zero-order valence-corrected chi connectivity index (χ0v) is 13.0. The highest BCUT2D eigenvalue weighted by molar-refractivity contribution is 5.93. The standard InChI is InChI=1S/C16H22N4O2/c1-19-8-3-4-12(15(19)14-5-7-18-20(14)2)10-17-16(21)13-6-9-22-11-13/h5-7,9,11-12,15H,3-4,8,10H2,1-2H3,(H,17,21)/t12-,15+/m0/s1. The van der Waals surface area contributed by atoms with Crippen molar-refractivity contribution in [1.82, 2.24) is 20.0 Å². The predicted molar refractivity (Wildman–Crippen MR) is 82.3 cm³/mol. The van der Waals surface area contributed by atoms with Gasteiger partial charge in [-0.1, -0.05) is 0 Å². The first-order chi connectivity index (χ1) is 10.7. The maximum atomic E-state index is 12.1. The Hall–Kier alpha value is -2.08. The maximum absolute atomic E-state index is 12.1. The second-order valence-corrected chi connectivity index (χ2v) is 5.93. The normalized spacial score (nSPS) is 22.6. The van der Waals surface area contributed by atoms with Crippen LogP contribution in [0.2, 0.25) is 0 Å². The lowest BCUT2D eigenvalue weighted by Gasteiger charge is -2.39. The van der Waals surface area contributed by atoms with Crippen molar-refractivity contribution in [2.75, 3.05) is 20.1 Å². The smallest absolute Gasteiger partial charge is 0.254 e. The second-order valence-electron chi connectivity index (χ2n) is 5.93. The van der Waals surface area contributed by atoms with E-state index in [1.54, 1.807) is 6.07 Å². The van der Waals surface area contributed by atoms with Gasteiger partial charge in [0.05, 0.1) is 23.6 Å². The van der Waals surface area contributed by atoms with Crippen LogP contribution < -0.4 is 5.32 Å². The maximum Gasteiger partial charge on any atom is 0.254 e. The third-order valence-electron chi connectivity index (χ3n) is 4.48. The van der Waals surface area contributed by atoms with Crippen LogP contribution in [0.1, 0.15) is 34.9 Å². The van der Waals surface area contributed by atoms with Crippen LogP contribution in [0, 0.1) is 5.92 Å². The van der Waals surface area contributed by atoms with Crippen LogP contribution in [-0.2, 0) is 7.05 Å². The van der Waals surface area contributed by atoms with Gasteiger partial charge in [-0.25, -0.2) is 0 Å². The number of furan rings is 1. The van der Waals surface area contributed by atoms with Gasteiger partial charge in [0, 0.05) is 19.8 Å². The molecule has 2 aromatic rings. The molecule has 0 unspecified atom stereocenters. The number of aryl methyl sites for hydroxylation is 1. The van der Waals surface area contributed by atoms with E-state index in [9.17, 15) is 4.79 Å². The van der Waals surface area contributed by atoms with Gasteiger partial charge >= 0.3 is 0 Å². The highest BCUT2D eigenvalue weighted by Gasteiger charge is 2.32. The zero-order valence-electron chi connectivity index (χ0n) is 13.0. The van der Waals surface area contributed by atoms with Gasteiger partial charge < -0.3 is 9.73 Å². The van der Waals surface area contributed by atoms with Gasteiger partial charge in [-0.2, -0.15) is 5.10 Å². The monoisotopic (exact) mass is 302 g/mol. The van der Waals surface area contributed by atoms with Crippen molar-refractivity contribution in [2.45, 2.75) is 18.9 Å². The molecule has 0 saturated carbocycles. The van der Waals surface area contributed by atoms with E-state index in [0.29, 0.717) is 18.0 Å². The molecule has 118 valence electrons. The van der Waals surface area contributed by atoms with Crippen LogP contribution in [-0.4, -0.2) is 40.7 Å². The Bertz CT molecular complexity index is 620. The summed E-state index contributed by atoms with van der Waals surface area (Å²) < 4.78 is 6.89. The van der Waals surface area contributed by atoms with Crippen LogP contribution in [0.25, 0.3) is 0 Å². The Kier molecular flexibility index (Phi) is 4.29. The molecule has 1 saturated heterocycles. The molecule has 6 nitrogen and oxygen atoms in total. The van der Waals surface area contributed by atoms with Gasteiger partial charge in [0.25, 0.3) is 5.91 Å². The zero-order chi connectivity index (χ0) is 15.5. The molecule has 3 rings (SSSR count). The van der Waals surface area contributed by atoms with E-state index in [4.69, 9.17) is 4.42 Å². The van der Waals surface area contributed by atoms with Crippen molar-refractivity contribution < 1.29 is 9.21 Å². The summed E-state index contributed by atoms with van der Waals surface area (Å²) in [6.07, 6.45) is 7.07. The van der Waals surface area contributed by atoms with E-state index in [1.165, 1.54) is 18.2 Å². The fourth-order valence-electron chi connectivity index (χ4n) is 3.33. The molecular weight excluding hydrogens is 280 g/mol. The number of hydrogen-bond acceptors (Lipinski definition) is 4. The van der Waals surface area contributed by atoms with Gasteiger partial charge in [0.2, 0.25) is 0 Å². The number of piperidine rings is 1. The summed E-state index contributed by atoms with van der Waals surface area (Å²) in [5, 5.41) is 7.32. The van der Waals surface area contributed by atoms with Crippen LogP contribution in [0.5, 0.6) is 0 Å². The number of amides is 1. The lowest BCUT2D eigenvalue weighted by Crippen LogP contribution is -2.42. The quantitative estimate of drug-likeness (QED) is 0.936. The lowest BCUT2D eigenvalue weighted by molar-refractivity contribution is 0.0879. The van der Waals surface area contributed by atoms with Gasteiger partial charge in [-0.15, -0.1) is 0 Å². The number of likely N-dealkylation sites (tertiary alicyclic amines) is 1. The van der Waals surface area contributed by atoms with E-state index >= 15 is 0 Å². The molecule has 3 heterocycles. The van der Waals surface area contributed by atoms with Crippen LogP contribution in [0.4, 0.5) is 0 Å². The minimum Gasteiger partial charge on any atom is -0.472 e. The summed E-state index contributed by atoms with van der Waals surface area (Å²) in [5.74, 6) is 0.302. The van der Waals surface area contributed by atoms with Crippen molar-refractivity contribution in [3.8, 4) is 0 Å². The molecule has 1 amide bonds. The lowest BCUT2D eigenvalue weighted by atomic mass is 9.87. The van der Waals surface area contributed by atoms with E-state index in [1.807, 2.05) is 17.9 Å². The van der Waals surface area contributed by atoms with Crippen LogP contribution in [0.15, 0.2) is 35.3 Å². The van der Waals surface area contributed by atoms with Crippen molar-refractivity contribution in [3.05, 3.63) is 42.1 Å².